The predicted octanol–water partition coefficient (Wildman–Crippen LogP) is 0.551. The first-order valence-electron chi connectivity index (χ1n) is 8.23. The Morgan fingerprint density at radius 2 is 1.76 bits per heavy atom. The number of hydrogen-bond acceptors (Lipinski definition) is 9. The summed E-state index contributed by atoms with van der Waals surface area (Å²) in [6.45, 7) is 4.06. The molecule has 0 radical (unpaired) electrons. The molecule has 0 amide bonds. The van der Waals surface area contributed by atoms with Crippen LogP contribution in [0.4, 0.5) is 11.8 Å². The molecule has 0 bridgehead atoms. The fraction of sp³-hybridized carbons (Fsp3) is 0.438. The quantitative estimate of drug-likeness (QED) is 0.855. The fourth-order valence-corrected chi connectivity index (χ4v) is 2.71. The van der Waals surface area contributed by atoms with E-state index in [0.717, 1.165) is 25.1 Å². The summed E-state index contributed by atoms with van der Waals surface area (Å²) in [5, 5.41) is 0. The van der Waals surface area contributed by atoms with Gasteiger partial charge in [-0.15, -0.1) is 0 Å². The highest BCUT2D eigenvalue weighted by molar-refractivity contribution is 5.64. The molecule has 0 atom stereocenters. The number of aromatic nitrogens is 5. The molecule has 0 aliphatic carbocycles. The van der Waals surface area contributed by atoms with Crippen LogP contribution >= 0.6 is 0 Å². The van der Waals surface area contributed by atoms with E-state index >= 15 is 0 Å². The summed E-state index contributed by atoms with van der Waals surface area (Å²) in [6.07, 6.45) is 5.87. The maximum absolute atomic E-state index is 5.63. The normalized spacial score (nSPS) is 18.1. The van der Waals surface area contributed by atoms with Gasteiger partial charge in [0.05, 0.1) is 38.8 Å². The Labute approximate surface area is 144 Å². The second-order valence-corrected chi connectivity index (χ2v) is 5.76. The molecule has 0 aromatic carbocycles. The van der Waals surface area contributed by atoms with E-state index < -0.39 is 0 Å². The Balaban J connectivity index is 1.76. The van der Waals surface area contributed by atoms with E-state index in [4.69, 9.17) is 15.2 Å². The zero-order valence-corrected chi connectivity index (χ0v) is 13.8. The van der Waals surface area contributed by atoms with Crippen molar-refractivity contribution in [3.05, 3.63) is 24.3 Å². The molecule has 9 heteroatoms. The molecule has 25 heavy (non-hydrogen) atoms. The molecule has 2 aliphatic rings. The first-order chi connectivity index (χ1) is 12.3. The van der Waals surface area contributed by atoms with Gasteiger partial charge in [-0.3, -0.25) is 0 Å². The lowest BCUT2D eigenvalue weighted by Crippen LogP contribution is -2.37. The average molecular weight is 341 g/mol. The van der Waals surface area contributed by atoms with Gasteiger partial charge in [-0.05, 0) is 12.0 Å². The van der Waals surface area contributed by atoms with E-state index in [9.17, 15) is 0 Å². The Hall–Kier alpha value is -2.65. The average Bonchev–Trinajstić information content (AvgIpc) is 2.69. The molecule has 0 spiro atoms. The second kappa shape index (κ2) is 7.08. The number of rotatable bonds is 3. The number of hydrogen-bond donors (Lipinski definition) is 1. The van der Waals surface area contributed by atoms with Gasteiger partial charge in [0, 0.05) is 13.1 Å². The van der Waals surface area contributed by atoms with Gasteiger partial charge in [0.2, 0.25) is 5.95 Å². The number of nitrogens with two attached hydrogens (primary N) is 1. The maximum atomic E-state index is 5.63. The third kappa shape index (κ3) is 3.57. The van der Waals surface area contributed by atoms with Gasteiger partial charge in [-0.2, -0.15) is 9.97 Å². The van der Waals surface area contributed by atoms with Crippen molar-refractivity contribution in [3.8, 4) is 11.5 Å². The van der Waals surface area contributed by atoms with E-state index in [1.807, 2.05) is 6.08 Å². The molecular formula is C16H19N7O2. The Bertz CT molecular complexity index is 773. The molecule has 4 rings (SSSR count). The zero-order chi connectivity index (χ0) is 17.1. The molecular weight excluding hydrogens is 322 g/mol. The van der Waals surface area contributed by atoms with Crippen molar-refractivity contribution < 1.29 is 9.47 Å². The van der Waals surface area contributed by atoms with Crippen LogP contribution in [0.25, 0.3) is 17.1 Å². The Morgan fingerprint density at radius 1 is 0.920 bits per heavy atom. The smallest absolute Gasteiger partial charge is 0.229 e. The monoisotopic (exact) mass is 341 g/mol. The molecule has 2 aliphatic heterocycles. The van der Waals surface area contributed by atoms with Crippen molar-refractivity contribution in [1.29, 1.82) is 0 Å². The van der Waals surface area contributed by atoms with Gasteiger partial charge in [-0.25, -0.2) is 15.0 Å². The van der Waals surface area contributed by atoms with Crippen LogP contribution in [-0.4, -0.2) is 64.4 Å². The van der Waals surface area contributed by atoms with Crippen molar-refractivity contribution in [2.45, 2.75) is 6.42 Å². The van der Waals surface area contributed by atoms with Gasteiger partial charge in [-0.1, -0.05) is 6.08 Å². The topological polar surface area (TPSA) is 112 Å². The second-order valence-electron chi connectivity index (χ2n) is 5.76. The SMILES string of the molecule is Nc1cnc(-c2nc(C3=CCOCC3)nc(N3CCOCC3)n2)cn1. The molecule has 2 N–H and O–H groups in total. The van der Waals surface area contributed by atoms with Crippen LogP contribution in [0, 0.1) is 0 Å². The van der Waals surface area contributed by atoms with Crippen LogP contribution < -0.4 is 10.6 Å². The largest absolute Gasteiger partial charge is 0.382 e. The molecule has 2 aromatic heterocycles. The third-order valence-corrected chi connectivity index (χ3v) is 4.07. The van der Waals surface area contributed by atoms with Gasteiger partial charge in [0.1, 0.15) is 11.5 Å². The van der Waals surface area contributed by atoms with E-state index in [1.54, 1.807) is 6.20 Å². The lowest BCUT2D eigenvalue weighted by Gasteiger charge is -2.27. The highest BCUT2D eigenvalue weighted by atomic mass is 16.5. The van der Waals surface area contributed by atoms with Crippen LogP contribution in [0.1, 0.15) is 12.2 Å². The molecule has 4 heterocycles. The fourth-order valence-electron chi connectivity index (χ4n) is 2.71. The molecule has 1 saturated heterocycles. The zero-order valence-electron chi connectivity index (χ0n) is 13.8. The molecule has 2 aromatic rings. The summed E-state index contributed by atoms with van der Waals surface area (Å²) < 4.78 is 10.8. The van der Waals surface area contributed by atoms with Crippen molar-refractivity contribution >= 4 is 17.3 Å². The number of nitrogen functional groups attached to an aromatic ring is 1. The van der Waals surface area contributed by atoms with Crippen LogP contribution in [0.3, 0.4) is 0 Å². The van der Waals surface area contributed by atoms with E-state index in [0.29, 0.717) is 55.5 Å². The summed E-state index contributed by atoms with van der Waals surface area (Å²) in [6, 6.07) is 0. The number of ether oxygens (including phenoxy) is 2. The Kier molecular flexibility index (Phi) is 4.49. The maximum Gasteiger partial charge on any atom is 0.229 e. The lowest BCUT2D eigenvalue weighted by molar-refractivity contribution is 0.122. The van der Waals surface area contributed by atoms with Gasteiger partial charge in [0.25, 0.3) is 0 Å². The predicted molar refractivity (Wildman–Crippen MR) is 91.7 cm³/mol. The summed E-state index contributed by atoms with van der Waals surface area (Å²) in [5.41, 5.74) is 7.26. The summed E-state index contributed by atoms with van der Waals surface area (Å²) in [4.78, 5) is 24.4. The lowest BCUT2D eigenvalue weighted by atomic mass is 10.1. The molecule has 0 unspecified atom stereocenters. The van der Waals surface area contributed by atoms with Crippen LogP contribution in [0.2, 0.25) is 0 Å². The van der Waals surface area contributed by atoms with Gasteiger partial charge >= 0.3 is 0 Å². The minimum Gasteiger partial charge on any atom is -0.382 e. The van der Waals surface area contributed by atoms with Crippen LogP contribution in [0.15, 0.2) is 18.5 Å². The first kappa shape index (κ1) is 15.9. The summed E-state index contributed by atoms with van der Waals surface area (Å²) in [5.74, 6) is 2.15. The molecule has 0 saturated carbocycles. The Morgan fingerprint density at radius 3 is 2.48 bits per heavy atom. The molecule has 1 fully saturated rings. The molecule has 130 valence electrons. The van der Waals surface area contributed by atoms with E-state index in [2.05, 4.69) is 29.8 Å². The number of morpholine rings is 1. The molecule has 9 nitrogen and oxygen atoms in total. The first-order valence-corrected chi connectivity index (χ1v) is 8.23. The summed E-state index contributed by atoms with van der Waals surface area (Å²) in [7, 11) is 0. The van der Waals surface area contributed by atoms with E-state index in [1.165, 1.54) is 6.20 Å². The highest BCUT2D eigenvalue weighted by Crippen LogP contribution is 2.23. The van der Waals surface area contributed by atoms with Crippen LogP contribution in [0.5, 0.6) is 0 Å². The number of anilines is 2. The van der Waals surface area contributed by atoms with Crippen molar-refractivity contribution in [2.75, 3.05) is 50.2 Å². The van der Waals surface area contributed by atoms with Gasteiger partial charge < -0.3 is 20.1 Å². The van der Waals surface area contributed by atoms with Crippen molar-refractivity contribution in [3.63, 3.8) is 0 Å². The minimum atomic E-state index is 0.360. The third-order valence-electron chi connectivity index (χ3n) is 4.07. The van der Waals surface area contributed by atoms with Crippen molar-refractivity contribution in [1.82, 2.24) is 24.9 Å². The van der Waals surface area contributed by atoms with Crippen LogP contribution in [-0.2, 0) is 9.47 Å². The standard InChI is InChI=1S/C16H19N7O2/c17-13-10-18-12(9-19-13)15-20-14(11-1-5-24-6-2-11)21-16(22-15)23-3-7-25-8-4-23/h1,9-10H,2-8H2,(H2,17,19). The van der Waals surface area contributed by atoms with E-state index in [-0.39, 0.29) is 0 Å². The van der Waals surface area contributed by atoms with Gasteiger partial charge in [0.15, 0.2) is 11.6 Å². The van der Waals surface area contributed by atoms with Crippen molar-refractivity contribution in [2.24, 2.45) is 0 Å². The number of nitrogens with zero attached hydrogens (tertiary/aromatic N) is 6. The highest BCUT2D eigenvalue weighted by Gasteiger charge is 2.20. The summed E-state index contributed by atoms with van der Waals surface area (Å²) >= 11 is 0. The minimum absolute atomic E-state index is 0.360.